The van der Waals surface area contributed by atoms with Gasteiger partial charge in [-0.25, -0.2) is 0 Å². The van der Waals surface area contributed by atoms with Crippen molar-refractivity contribution in [2.75, 3.05) is 13.1 Å². The van der Waals surface area contributed by atoms with E-state index in [1.165, 1.54) is 38.8 Å². The minimum Gasteiger partial charge on any atom is -0.310 e. The van der Waals surface area contributed by atoms with Crippen LogP contribution in [0, 0.1) is 0 Å². The molecule has 0 radical (unpaired) electrons. The highest BCUT2D eigenvalue weighted by atomic mass is 35.5. The van der Waals surface area contributed by atoms with E-state index in [1.54, 1.807) is 0 Å². The lowest BCUT2D eigenvalue weighted by Gasteiger charge is -2.32. The Kier molecular flexibility index (Phi) is 4.33. The molecule has 1 saturated heterocycles. The van der Waals surface area contributed by atoms with E-state index >= 15 is 0 Å². The molecule has 1 heterocycles. The lowest BCUT2D eigenvalue weighted by molar-refractivity contribution is 0.189. The molecule has 104 valence electrons. The summed E-state index contributed by atoms with van der Waals surface area (Å²) in [6.07, 6.45) is 5.32. The molecular weight excluding hydrogens is 279 g/mol. The Hall–Kier alpha value is -0.280. The van der Waals surface area contributed by atoms with Gasteiger partial charge in [0.1, 0.15) is 0 Å². The highest BCUT2D eigenvalue weighted by Gasteiger charge is 2.31. The second-order valence-electron chi connectivity index (χ2n) is 5.66. The highest BCUT2D eigenvalue weighted by Crippen LogP contribution is 2.29. The molecular formula is C15H20Cl2N2. The maximum absolute atomic E-state index is 6.18. The minimum atomic E-state index is 0.616. The Bertz CT molecular complexity index is 438. The molecule has 1 aliphatic carbocycles. The third-order valence-electron chi connectivity index (χ3n) is 4.18. The summed E-state index contributed by atoms with van der Waals surface area (Å²) < 4.78 is 0. The fourth-order valence-electron chi connectivity index (χ4n) is 2.84. The van der Waals surface area contributed by atoms with Crippen LogP contribution in [0.3, 0.4) is 0 Å². The normalized spacial score (nSPS) is 21.8. The smallest absolute Gasteiger partial charge is 0.0451 e. The number of piperidine rings is 1. The molecule has 1 aromatic rings. The standard InChI is InChI=1S/C15H20Cl2N2/c16-12-1-4-15(17)11(9-12)10-18-13-5-7-19(8-6-13)14-2-3-14/h1,4,9,13-14,18H,2-3,5-8,10H2. The molecule has 0 amide bonds. The fourth-order valence-corrected chi connectivity index (χ4v) is 3.22. The van der Waals surface area contributed by atoms with E-state index in [9.17, 15) is 0 Å². The molecule has 2 fully saturated rings. The average Bonchev–Trinajstić information content (AvgIpc) is 3.25. The van der Waals surface area contributed by atoms with Gasteiger partial charge in [-0.1, -0.05) is 23.2 Å². The lowest BCUT2D eigenvalue weighted by Crippen LogP contribution is -2.43. The molecule has 4 heteroatoms. The van der Waals surface area contributed by atoms with E-state index in [1.807, 2.05) is 18.2 Å². The summed E-state index contributed by atoms with van der Waals surface area (Å²) in [5, 5.41) is 5.17. The second-order valence-corrected chi connectivity index (χ2v) is 6.50. The van der Waals surface area contributed by atoms with E-state index in [0.29, 0.717) is 6.04 Å². The van der Waals surface area contributed by atoms with Crippen molar-refractivity contribution < 1.29 is 0 Å². The van der Waals surface area contributed by atoms with Gasteiger partial charge in [-0.3, -0.25) is 0 Å². The summed E-state index contributed by atoms with van der Waals surface area (Å²) in [6, 6.07) is 7.18. The van der Waals surface area contributed by atoms with Gasteiger partial charge in [-0.05, 0) is 62.5 Å². The first-order valence-corrected chi connectivity index (χ1v) is 7.89. The first-order chi connectivity index (χ1) is 9.22. The van der Waals surface area contributed by atoms with Gasteiger partial charge < -0.3 is 10.2 Å². The monoisotopic (exact) mass is 298 g/mol. The van der Waals surface area contributed by atoms with Crippen molar-refractivity contribution >= 4 is 23.2 Å². The molecule has 1 aliphatic heterocycles. The summed E-state index contributed by atoms with van der Waals surface area (Å²) >= 11 is 12.2. The van der Waals surface area contributed by atoms with Crippen molar-refractivity contribution in [2.24, 2.45) is 0 Å². The fraction of sp³-hybridized carbons (Fsp3) is 0.600. The maximum Gasteiger partial charge on any atom is 0.0451 e. The van der Waals surface area contributed by atoms with Gasteiger partial charge in [-0.2, -0.15) is 0 Å². The average molecular weight is 299 g/mol. The van der Waals surface area contributed by atoms with Crippen LogP contribution < -0.4 is 5.32 Å². The lowest BCUT2D eigenvalue weighted by atomic mass is 10.0. The summed E-state index contributed by atoms with van der Waals surface area (Å²) in [5.74, 6) is 0. The third kappa shape index (κ3) is 3.63. The van der Waals surface area contributed by atoms with Crippen LogP contribution in [0.15, 0.2) is 18.2 Å². The van der Waals surface area contributed by atoms with E-state index < -0.39 is 0 Å². The molecule has 0 bridgehead atoms. The van der Waals surface area contributed by atoms with Crippen LogP contribution in [0.2, 0.25) is 10.0 Å². The molecule has 0 aromatic heterocycles. The molecule has 3 rings (SSSR count). The molecule has 1 aromatic carbocycles. The zero-order valence-corrected chi connectivity index (χ0v) is 12.6. The molecule has 0 unspecified atom stereocenters. The summed E-state index contributed by atoms with van der Waals surface area (Å²) in [6.45, 7) is 3.30. The zero-order valence-electron chi connectivity index (χ0n) is 11.0. The molecule has 0 spiro atoms. The molecule has 2 aliphatic rings. The Morgan fingerprint density at radius 1 is 1.11 bits per heavy atom. The Morgan fingerprint density at radius 2 is 1.84 bits per heavy atom. The number of halogens is 2. The highest BCUT2D eigenvalue weighted by molar-refractivity contribution is 6.33. The van der Waals surface area contributed by atoms with Gasteiger partial charge in [0.05, 0.1) is 0 Å². The van der Waals surface area contributed by atoms with Crippen LogP contribution in [0.4, 0.5) is 0 Å². The third-order valence-corrected chi connectivity index (χ3v) is 4.79. The van der Waals surface area contributed by atoms with Crippen molar-refractivity contribution in [3.63, 3.8) is 0 Å². The van der Waals surface area contributed by atoms with Crippen molar-refractivity contribution in [1.29, 1.82) is 0 Å². The number of nitrogens with zero attached hydrogens (tertiary/aromatic N) is 1. The van der Waals surface area contributed by atoms with Crippen LogP contribution in [0.1, 0.15) is 31.2 Å². The predicted molar refractivity (Wildman–Crippen MR) is 80.9 cm³/mol. The largest absolute Gasteiger partial charge is 0.310 e. The van der Waals surface area contributed by atoms with E-state index in [2.05, 4.69) is 10.2 Å². The summed E-state index contributed by atoms with van der Waals surface area (Å²) in [4.78, 5) is 2.64. The van der Waals surface area contributed by atoms with Gasteiger partial charge in [0, 0.05) is 28.7 Å². The minimum absolute atomic E-state index is 0.616. The first-order valence-electron chi connectivity index (χ1n) is 7.14. The Morgan fingerprint density at radius 3 is 2.53 bits per heavy atom. The number of hydrogen-bond acceptors (Lipinski definition) is 2. The summed E-state index contributed by atoms with van der Waals surface area (Å²) in [5.41, 5.74) is 1.10. The molecule has 19 heavy (non-hydrogen) atoms. The van der Waals surface area contributed by atoms with Crippen LogP contribution in [0.5, 0.6) is 0 Å². The Balaban J connectivity index is 1.48. The van der Waals surface area contributed by atoms with Gasteiger partial charge in [0.2, 0.25) is 0 Å². The zero-order chi connectivity index (χ0) is 13.2. The number of nitrogens with one attached hydrogen (secondary N) is 1. The van der Waals surface area contributed by atoms with Crippen LogP contribution in [-0.2, 0) is 6.54 Å². The van der Waals surface area contributed by atoms with Gasteiger partial charge in [0.15, 0.2) is 0 Å². The van der Waals surface area contributed by atoms with Crippen LogP contribution in [-0.4, -0.2) is 30.1 Å². The topological polar surface area (TPSA) is 15.3 Å². The SMILES string of the molecule is Clc1ccc(Cl)c(CNC2CCN(C3CC3)CC2)c1. The molecule has 1 N–H and O–H groups in total. The second kappa shape index (κ2) is 6.01. The maximum atomic E-state index is 6.18. The summed E-state index contributed by atoms with van der Waals surface area (Å²) in [7, 11) is 0. The van der Waals surface area contributed by atoms with Crippen molar-refractivity contribution in [3.05, 3.63) is 33.8 Å². The number of benzene rings is 1. The van der Waals surface area contributed by atoms with Gasteiger partial charge >= 0.3 is 0 Å². The first kappa shape index (κ1) is 13.7. The number of rotatable bonds is 4. The van der Waals surface area contributed by atoms with Crippen molar-refractivity contribution in [2.45, 2.75) is 44.3 Å². The van der Waals surface area contributed by atoms with E-state index in [-0.39, 0.29) is 0 Å². The van der Waals surface area contributed by atoms with E-state index in [0.717, 1.165) is 28.2 Å². The van der Waals surface area contributed by atoms with Crippen molar-refractivity contribution in [3.8, 4) is 0 Å². The molecule has 2 nitrogen and oxygen atoms in total. The van der Waals surface area contributed by atoms with E-state index in [4.69, 9.17) is 23.2 Å². The quantitative estimate of drug-likeness (QED) is 0.911. The molecule has 0 atom stereocenters. The number of likely N-dealkylation sites (tertiary alicyclic amines) is 1. The number of hydrogen-bond donors (Lipinski definition) is 1. The van der Waals surface area contributed by atoms with Crippen molar-refractivity contribution in [1.82, 2.24) is 10.2 Å². The molecule has 1 saturated carbocycles. The van der Waals surface area contributed by atoms with Gasteiger partial charge in [-0.15, -0.1) is 0 Å². The van der Waals surface area contributed by atoms with Crippen LogP contribution >= 0.6 is 23.2 Å². The predicted octanol–water partition coefficient (Wildman–Crippen LogP) is 3.71. The Labute approximate surface area is 125 Å². The van der Waals surface area contributed by atoms with Crippen LogP contribution in [0.25, 0.3) is 0 Å². The van der Waals surface area contributed by atoms with Gasteiger partial charge in [0.25, 0.3) is 0 Å².